The Morgan fingerprint density at radius 3 is 2.56 bits per heavy atom. The van der Waals surface area contributed by atoms with Crippen molar-refractivity contribution in [1.82, 2.24) is 25.0 Å². The van der Waals surface area contributed by atoms with Crippen LogP contribution in [-0.4, -0.2) is 63.1 Å². The predicted octanol–water partition coefficient (Wildman–Crippen LogP) is 4.52. The quantitative estimate of drug-likeness (QED) is 0.363. The molecule has 12 heteroatoms. The number of rotatable bonds is 8. The van der Waals surface area contributed by atoms with Crippen molar-refractivity contribution in [2.24, 2.45) is 7.05 Å². The van der Waals surface area contributed by atoms with Crippen molar-refractivity contribution in [2.45, 2.75) is 63.7 Å². The number of hydrogen-bond donors (Lipinski definition) is 3. The van der Waals surface area contributed by atoms with E-state index < -0.39 is 23.5 Å². The monoisotopic (exact) mass is 566 g/mol. The third kappa shape index (κ3) is 5.14. The Balaban J connectivity index is 1.60. The number of amides is 2. The summed E-state index contributed by atoms with van der Waals surface area (Å²) in [5.74, 6) is 0.157. The molecule has 0 bridgehead atoms. The van der Waals surface area contributed by atoms with Gasteiger partial charge in [-0.25, -0.2) is 14.2 Å². The molecular formula is C29H35FN6O5. The molecule has 5 rings (SSSR count). The summed E-state index contributed by atoms with van der Waals surface area (Å²) in [6.45, 7) is 3.78. The Hall–Kier alpha value is -4.35. The lowest BCUT2D eigenvalue weighted by atomic mass is 9.89. The number of anilines is 1. The number of carbonyl (C=O) groups is 2. The van der Waals surface area contributed by atoms with Gasteiger partial charge in [0.1, 0.15) is 11.5 Å². The van der Waals surface area contributed by atoms with Gasteiger partial charge in [-0.3, -0.25) is 9.48 Å². The zero-order valence-corrected chi connectivity index (χ0v) is 23.8. The third-order valence-corrected chi connectivity index (χ3v) is 8.08. The van der Waals surface area contributed by atoms with Crippen LogP contribution in [0.15, 0.2) is 30.6 Å². The minimum Gasteiger partial charge on any atom is -0.497 e. The summed E-state index contributed by atoms with van der Waals surface area (Å²) in [6, 6.07) is 4.60. The van der Waals surface area contributed by atoms with Gasteiger partial charge in [0.2, 0.25) is 0 Å². The van der Waals surface area contributed by atoms with E-state index in [1.165, 1.54) is 0 Å². The molecule has 1 saturated carbocycles. The van der Waals surface area contributed by atoms with E-state index >= 15 is 4.39 Å². The summed E-state index contributed by atoms with van der Waals surface area (Å²) in [7, 11) is 4.86. The topological polar surface area (TPSA) is 131 Å². The van der Waals surface area contributed by atoms with Crippen LogP contribution >= 0.6 is 0 Å². The smallest absolute Gasteiger partial charge is 0.404 e. The van der Waals surface area contributed by atoms with Crippen LogP contribution in [0.4, 0.5) is 15.0 Å². The number of nitrogens with one attached hydrogen (secondary N) is 2. The van der Waals surface area contributed by atoms with Crippen LogP contribution in [0.1, 0.15) is 61.0 Å². The zero-order valence-electron chi connectivity index (χ0n) is 23.8. The Kier molecular flexibility index (Phi) is 7.50. The van der Waals surface area contributed by atoms with E-state index in [0.29, 0.717) is 35.6 Å². The highest BCUT2D eigenvalue weighted by molar-refractivity contribution is 6.05. The molecule has 0 spiro atoms. The van der Waals surface area contributed by atoms with Crippen molar-refractivity contribution < 1.29 is 28.6 Å². The predicted molar refractivity (Wildman–Crippen MR) is 150 cm³/mol. The summed E-state index contributed by atoms with van der Waals surface area (Å²) in [4.78, 5) is 31.8. The first kappa shape index (κ1) is 28.2. The first-order valence-corrected chi connectivity index (χ1v) is 13.6. The molecule has 11 nitrogen and oxygen atoms in total. The van der Waals surface area contributed by atoms with E-state index in [-0.39, 0.29) is 35.4 Å². The van der Waals surface area contributed by atoms with E-state index in [0.717, 1.165) is 18.4 Å². The molecule has 1 aromatic carbocycles. The van der Waals surface area contributed by atoms with Crippen molar-refractivity contribution in [3.8, 4) is 22.8 Å². The number of hydrogen-bond acceptors (Lipinski definition) is 7. The van der Waals surface area contributed by atoms with E-state index in [9.17, 15) is 14.7 Å². The average Bonchev–Trinajstić information content (AvgIpc) is 3.45. The first-order valence-electron chi connectivity index (χ1n) is 13.6. The number of pyridine rings is 1. The molecule has 218 valence electrons. The Bertz CT molecular complexity index is 1490. The highest BCUT2D eigenvalue weighted by Crippen LogP contribution is 2.46. The number of ether oxygens (including phenoxy) is 2. The van der Waals surface area contributed by atoms with Crippen LogP contribution in [0.3, 0.4) is 0 Å². The first-order chi connectivity index (χ1) is 19.5. The van der Waals surface area contributed by atoms with Gasteiger partial charge in [0.25, 0.3) is 5.91 Å². The number of methoxy groups -OCH3 is 2. The second-order valence-electron chi connectivity index (χ2n) is 11.0. The lowest BCUT2D eigenvalue weighted by Crippen LogP contribution is -2.48. The second-order valence-corrected chi connectivity index (χ2v) is 11.0. The van der Waals surface area contributed by atoms with Crippen molar-refractivity contribution >= 4 is 17.8 Å². The number of aryl methyl sites for hydroxylation is 1. The number of carbonyl (C=O) groups excluding carboxylic acids is 1. The minimum absolute atomic E-state index is 0.0172. The summed E-state index contributed by atoms with van der Waals surface area (Å²) < 4.78 is 29.0. The molecule has 0 radical (unpaired) electrons. The molecular weight excluding hydrogens is 531 g/mol. The molecule has 1 fully saturated rings. The van der Waals surface area contributed by atoms with Crippen molar-refractivity contribution in [2.75, 3.05) is 19.5 Å². The highest BCUT2D eigenvalue weighted by atomic mass is 19.1. The Morgan fingerprint density at radius 2 is 1.93 bits per heavy atom. The van der Waals surface area contributed by atoms with Gasteiger partial charge in [-0.2, -0.15) is 5.10 Å². The maximum atomic E-state index is 16.5. The number of carboxylic acid groups (broad SMARTS) is 1. The standard InChI is InChI=1S/C29H35FN6O5/c1-29(2)23-22(27(37)36(29)15-16-10-11-18(40-4)12-21(16)41-5)25(17-13-31-35(3)14-17)34-26(24(23)30)32-19-8-6-7-9-20(19)33-28(38)39/h10-14,19-20,33H,6-9,15H2,1-5H3,(H,32,34)(H,38,39). The Labute approximate surface area is 237 Å². The largest absolute Gasteiger partial charge is 0.497 e. The van der Waals surface area contributed by atoms with E-state index in [4.69, 9.17) is 9.47 Å². The maximum Gasteiger partial charge on any atom is 0.404 e. The highest BCUT2D eigenvalue weighted by Gasteiger charge is 2.48. The fourth-order valence-corrected chi connectivity index (χ4v) is 5.95. The van der Waals surface area contributed by atoms with Gasteiger partial charge in [-0.05, 0) is 38.8 Å². The van der Waals surface area contributed by atoms with Crippen molar-refractivity contribution in [1.29, 1.82) is 0 Å². The molecule has 3 N–H and O–H groups in total. The van der Waals surface area contributed by atoms with Crippen LogP contribution in [0, 0.1) is 5.82 Å². The van der Waals surface area contributed by atoms with Crippen LogP contribution in [0.2, 0.25) is 0 Å². The van der Waals surface area contributed by atoms with Crippen LogP contribution in [0.5, 0.6) is 11.5 Å². The molecule has 2 atom stereocenters. The minimum atomic E-state index is -1.13. The number of benzene rings is 1. The van der Waals surface area contributed by atoms with E-state index in [1.54, 1.807) is 55.4 Å². The Morgan fingerprint density at radius 1 is 1.20 bits per heavy atom. The molecule has 2 aliphatic rings. The molecule has 41 heavy (non-hydrogen) atoms. The molecule has 3 aromatic rings. The van der Waals surface area contributed by atoms with Crippen molar-refractivity contribution in [3.63, 3.8) is 0 Å². The lowest BCUT2D eigenvalue weighted by molar-refractivity contribution is 0.0590. The second kappa shape index (κ2) is 10.9. The third-order valence-electron chi connectivity index (χ3n) is 8.08. The molecule has 2 aromatic heterocycles. The van der Waals surface area contributed by atoms with Gasteiger partial charge in [-0.1, -0.05) is 12.8 Å². The van der Waals surface area contributed by atoms with Gasteiger partial charge in [0.05, 0.1) is 49.8 Å². The van der Waals surface area contributed by atoms with E-state index in [2.05, 4.69) is 20.7 Å². The van der Waals surface area contributed by atoms with Crippen LogP contribution < -0.4 is 20.1 Å². The van der Waals surface area contributed by atoms with Gasteiger partial charge in [0.15, 0.2) is 11.6 Å². The summed E-state index contributed by atoms with van der Waals surface area (Å²) in [6.07, 6.45) is 5.22. The average molecular weight is 567 g/mol. The molecule has 0 saturated heterocycles. The van der Waals surface area contributed by atoms with Gasteiger partial charge < -0.3 is 30.1 Å². The number of aromatic nitrogens is 3. The van der Waals surface area contributed by atoms with Crippen molar-refractivity contribution in [3.05, 3.63) is 53.1 Å². The number of halogens is 1. The molecule has 3 heterocycles. The molecule has 2 amide bonds. The molecule has 2 unspecified atom stereocenters. The summed E-state index contributed by atoms with van der Waals surface area (Å²) in [5, 5.41) is 19.4. The molecule has 1 aliphatic heterocycles. The lowest BCUT2D eigenvalue weighted by Gasteiger charge is -2.34. The molecule has 1 aliphatic carbocycles. The van der Waals surface area contributed by atoms with E-state index in [1.807, 2.05) is 19.9 Å². The normalized spacial score (nSPS) is 19.6. The zero-order chi connectivity index (χ0) is 29.5. The van der Waals surface area contributed by atoms with Gasteiger partial charge >= 0.3 is 6.09 Å². The summed E-state index contributed by atoms with van der Waals surface area (Å²) in [5.41, 5.74) is 0.985. The summed E-state index contributed by atoms with van der Waals surface area (Å²) >= 11 is 0. The number of nitrogens with zero attached hydrogens (tertiary/aromatic N) is 4. The van der Waals surface area contributed by atoms with Gasteiger partial charge in [-0.15, -0.1) is 0 Å². The fourth-order valence-electron chi connectivity index (χ4n) is 5.95. The van der Waals surface area contributed by atoms with Gasteiger partial charge in [0, 0.05) is 42.0 Å². The maximum absolute atomic E-state index is 16.5. The number of fused-ring (bicyclic) bond motifs is 1. The SMILES string of the molecule is COc1ccc(CN2C(=O)c3c(-c4cnn(C)c4)nc(NC4CCCCC4NC(=O)O)c(F)c3C2(C)C)c(OC)c1. The van der Waals surface area contributed by atoms with Crippen LogP contribution in [-0.2, 0) is 19.1 Å². The van der Waals surface area contributed by atoms with Crippen LogP contribution in [0.25, 0.3) is 11.3 Å². The fraction of sp³-hybridized carbons (Fsp3) is 0.448.